The van der Waals surface area contributed by atoms with Gasteiger partial charge in [0.05, 0.1) is 0 Å². The van der Waals surface area contributed by atoms with Crippen molar-refractivity contribution in [1.29, 1.82) is 0 Å². The second kappa shape index (κ2) is 17.5. The molecule has 3 aromatic carbocycles. The average Bonchev–Trinajstić information content (AvgIpc) is 2.95. The van der Waals surface area contributed by atoms with Crippen LogP contribution in [0.15, 0.2) is 97.2 Å². The standard InChI is InChI=1S/C24H19N3O2.3C2H6/c28-22(18-10-4-1-5-11-18)16-19-17-25-24(26-20-12-6-2-7-13-20)27-23(19)29-21-14-8-3-9-15-21;3*1-2/h1-15,17H,16H2,(H,25,26,27);3*1-2H3. The van der Waals surface area contributed by atoms with Crippen LogP contribution in [-0.4, -0.2) is 15.8 Å². The Hall–Kier alpha value is -3.99. The van der Waals surface area contributed by atoms with E-state index in [4.69, 9.17) is 4.74 Å². The van der Waals surface area contributed by atoms with E-state index >= 15 is 0 Å². The molecule has 5 heteroatoms. The fourth-order valence-electron chi connectivity index (χ4n) is 2.81. The van der Waals surface area contributed by atoms with Crippen molar-refractivity contribution in [1.82, 2.24) is 9.97 Å². The molecule has 0 saturated heterocycles. The van der Waals surface area contributed by atoms with Crippen molar-refractivity contribution < 1.29 is 9.53 Å². The van der Waals surface area contributed by atoms with E-state index in [1.807, 2.05) is 120 Å². The predicted molar refractivity (Wildman–Crippen MR) is 147 cm³/mol. The smallest absolute Gasteiger partial charge is 0.230 e. The number of rotatable bonds is 7. The second-order valence-corrected chi connectivity index (χ2v) is 6.40. The molecule has 0 aliphatic carbocycles. The number of aromatic nitrogens is 2. The summed E-state index contributed by atoms with van der Waals surface area (Å²) in [7, 11) is 0. The van der Waals surface area contributed by atoms with Crippen LogP contribution in [0.4, 0.5) is 11.6 Å². The molecule has 4 rings (SSSR count). The van der Waals surface area contributed by atoms with Gasteiger partial charge < -0.3 is 10.1 Å². The molecular weight excluding hydrogens is 434 g/mol. The molecule has 0 aliphatic heterocycles. The van der Waals surface area contributed by atoms with Gasteiger partial charge >= 0.3 is 0 Å². The lowest BCUT2D eigenvalue weighted by molar-refractivity contribution is 0.0992. The summed E-state index contributed by atoms with van der Waals surface area (Å²) in [6, 6.07) is 28.2. The largest absolute Gasteiger partial charge is 0.439 e. The van der Waals surface area contributed by atoms with Gasteiger partial charge in [0.15, 0.2) is 5.78 Å². The lowest BCUT2D eigenvalue weighted by atomic mass is 10.1. The number of carbonyl (C=O) groups excluding carboxylic acids is 1. The minimum atomic E-state index is -0.0177. The van der Waals surface area contributed by atoms with E-state index in [0.29, 0.717) is 28.7 Å². The highest BCUT2D eigenvalue weighted by atomic mass is 16.5. The number of benzene rings is 3. The first-order valence-corrected chi connectivity index (χ1v) is 12.3. The summed E-state index contributed by atoms with van der Waals surface area (Å²) in [6.45, 7) is 12.0. The van der Waals surface area contributed by atoms with Crippen LogP contribution in [0.2, 0.25) is 0 Å². The van der Waals surface area contributed by atoms with Gasteiger partial charge in [0.2, 0.25) is 11.8 Å². The Bertz CT molecular complexity index is 1090. The van der Waals surface area contributed by atoms with Crippen molar-refractivity contribution in [3.63, 3.8) is 0 Å². The number of anilines is 2. The molecule has 0 aliphatic rings. The number of ether oxygens (including phenoxy) is 1. The Morgan fingerprint density at radius 3 is 1.83 bits per heavy atom. The van der Waals surface area contributed by atoms with Gasteiger partial charge in [0.25, 0.3) is 0 Å². The third-order valence-corrected chi connectivity index (χ3v) is 4.26. The van der Waals surface area contributed by atoms with E-state index in [1.54, 1.807) is 18.3 Å². The SMILES string of the molecule is CC.CC.CC.O=C(Cc1cnc(Nc2ccccc2)nc1Oc1ccccc1)c1ccccc1. The van der Waals surface area contributed by atoms with E-state index in [0.717, 1.165) is 5.69 Å². The highest BCUT2D eigenvalue weighted by Gasteiger charge is 2.15. The Kier molecular flexibility index (Phi) is 14.5. The van der Waals surface area contributed by atoms with Crippen molar-refractivity contribution in [2.24, 2.45) is 0 Å². The van der Waals surface area contributed by atoms with Gasteiger partial charge in [0, 0.05) is 29.4 Å². The second-order valence-electron chi connectivity index (χ2n) is 6.40. The minimum absolute atomic E-state index is 0.0177. The third-order valence-electron chi connectivity index (χ3n) is 4.26. The summed E-state index contributed by atoms with van der Waals surface area (Å²) >= 11 is 0. The van der Waals surface area contributed by atoms with Gasteiger partial charge in [-0.05, 0) is 24.3 Å². The number of carbonyl (C=O) groups is 1. The van der Waals surface area contributed by atoms with Crippen LogP contribution in [0.3, 0.4) is 0 Å². The summed E-state index contributed by atoms with van der Waals surface area (Å²) in [5, 5.41) is 3.16. The van der Waals surface area contributed by atoms with Crippen LogP contribution < -0.4 is 10.1 Å². The highest BCUT2D eigenvalue weighted by molar-refractivity contribution is 5.97. The first-order chi connectivity index (χ1) is 17.3. The first-order valence-electron chi connectivity index (χ1n) is 12.3. The monoisotopic (exact) mass is 471 g/mol. The molecule has 0 saturated carbocycles. The average molecular weight is 472 g/mol. The Morgan fingerprint density at radius 2 is 1.26 bits per heavy atom. The fourth-order valence-corrected chi connectivity index (χ4v) is 2.81. The highest BCUT2D eigenvalue weighted by Crippen LogP contribution is 2.26. The zero-order valence-electron chi connectivity index (χ0n) is 21.7. The maximum atomic E-state index is 12.7. The van der Waals surface area contributed by atoms with E-state index in [-0.39, 0.29) is 12.2 Å². The quantitative estimate of drug-likeness (QED) is 0.274. The lowest BCUT2D eigenvalue weighted by Crippen LogP contribution is -2.08. The molecular formula is C30H37N3O2. The molecule has 4 aromatic rings. The van der Waals surface area contributed by atoms with Gasteiger partial charge in [-0.2, -0.15) is 4.98 Å². The molecule has 5 nitrogen and oxygen atoms in total. The molecule has 184 valence electrons. The van der Waals surface area contributed by atoms with Gasteiger partial charge in [-0.3, -0.25) is 4.79 Å². The molecule has 0 atom stereocenters. The molecule has 0 bridgehead atoms. The fraction of sp³-hybridized carbons (Fsp3) is 0.233. The maximum absolute atomic E-state index is 12.7. The third kappa shape index (κ3) is 9.80. The normalized spacial score (nSPS) is 9.09. The van der Waals surface area contributed by atoms with Crippen molar-refractivity contribution in [2.75, 3.05) is 5.32 Å². The lowest BCUT2D eigenvalue weighted by Gasteiger charge is -2.12. The number of nitrogens with zero attached hydrogens (tertiary/aromatic N) is 2. The van der Waals surface area contributed by atoms with Gasteiger partial charge in [-0.25, -0.2) is 4.98 Å². The summed E-state index contributed by atoms with van der Waals surface area (Å²) in [5.41, 5.74) is 2.14. The molecule has 1 N–H and O–H groups in total. The molecule has 0 amide bonds. The molecule has 1 heterocycles. The van der Waals surface area contributed by atoms with Crippen LogP contribution in [0.25, 0.3) is 0 Å². The van der Waals surface area contributed by atoms with Crippen molar-refractivity contribution >= 4 is 17.4 Å². The van der Waals surface area contributed by atoms with E-state index in [2.05, 4.69) is 15.3 Å². The number of hydrogen-bond donors (Lipinski definition) is 1. The van der Waals surface area contributed by atoms with E-state index in [1.165, 1.54) is 0 Å². The van der Waals surface area contributed by atoms with Gasteiger partial charge in [-0.1, -0.05) is 108 Å². The zero-order chi connectivity index (χ0) is 25.9. The predicted octanol–water partition coefficient (Wildman–Crippen LogP) is 8.52. The minimum Gasteiger partial charge on any atom is -0.439 e. The van der Waals surface area contributed by atoms with Crippen molar-refractivity contribution in [2.45, 2.75) is 48.0 Å². The van der Waals surface area contributed by atoms with Crippen molar-refractivity contribution in [3.8, 4) is 11.6 Å². The zero-order valence-corrected chi connectivity index (χ0v) is 21.7. The number of hydrogen-bond acceptors (Lipinski definition) is 5. The number of Topliss-reactive ketones (excluding diaryl/α,β-unsaturated/α-hetero) is 1. The number of ketones is 1. The van der Waals surface area contributed by atoms with E-state index in [9.17, 15) is 4.79 Å². The Balaban J connectivity index is 0.000000949. The summed E-state index contributed by atoms with van der Waals surface area (Å²) < 4.78 is 5.98. The molecule has 0 radical (unpaired) electrons. The molecule has 35 heavy (non-hydrogen) atoms. The molecule has 1 aromatic heterocycles. The van der Waals surface area contributed by atoms with Crippen LogP contribution in [0, 0.1) is 0 Å². The topological polar surface area (TPSA) is 64.1 Å². The van der Waals surface area contributed by atoms with Crippen LogP contribution in [0.1, 0.15) is 57.5 Å². The van der Waals surface area contributed by atoms with E-state index < -0.39 is 0 Å². The number of para-hydroxylation sites is 2. The van der Waals surface area contributed by atoms with Crippen LogP contribution in [-0.2, 0) is 6.42 Å². The summed E-state index contributed by atoms with van der Waals surface area (Å²) in [4.78, 5) is 21.5. The molecule has 0 fully saturated rings. The summed E-state index contributed by atoms with van der Waals surface area (Å²) in [5.74, 6) is 1.38. The van der Waals surface area contributed by atoms with Crippen LogP contribution >= 0.6 is 0 Å². The van der Waals surface area contributed by atoms with Crippen molar-refractivity contribution in [3.05, 3.63) is 108 Å². The van der Waals surface area contributed by atoms with Crippen LogP contribution in [0.5, 0.6) is 11.6 Å². The Morgan fingerprint density at radius 1 is 0.743 bits per heavy atom. The molecule has 0 unspecified atom stereocenters. The Labute approximate surface area is 210 Å². The van der Waals surface area contributed by atoms with Gasteiger partial charge in [-0.15, -0.1) is 0 Å². The number of nitrogens with one attached hydrogen (secondary N) is 1. The maximum Gasteiger partial charge on any atom is 0.230 e. The first kappa shape index (κ1) is 29.0. The molecule has 0 spiro atoms. The van der Waals surface area contributed by atoms with Gasteiger partial charge in [0.1, 0.15) is 5.75 Å². The summed E-state index contributed by atoms with van der Waals surface area (Å²) in [6.07, 6.45) is 1.79.